The monoisotopic (exact) mass is 438 g/mol. The van der Waals surface area contributed by atoms with Gasteiger partial charge in [0.05, 0.1) is 30.1 Å². The van der Waals surface area contributed by atoms with Gasteiger partial charge < -0.3 is 24.3 Å². The Balaban J connectivity index is 1.47. The van der Waals surface area contributed by atoms with Crippen LogP contribution in [0.4, 0.5) is 5.82 Å². The van der Waals surface area contributed by atoms with Crippen LogP contribution in [0.15, 0.2) is 36.4 Å². The Kier molecular flexibility index (Phi) is 4.63. The second-order valence-corrected chi connectivity index (χ2v) is 7.79. The molecule has 5 rings (SSSR count). The highest BCUT2D eigenvalue weighted by Crippen LogP contribution is 2.39. The first-order valence-corrected chi connectivity index (χ1v) is 10.2. The summed E-state index contributed by atoms with van der Waals surface area (Å²) in [7, 11) is 3.07. The number of carbonyl (C=O) groups is 1. The van der Waals surface area contributed by atoms with Gasteiger partial charge in [0, 0.05) is 23.8 Å². The molecule has 0 saturated heterocycles. The number of amides is 1. The molecule has 10 heteroatoms. The number of nitrogens with zero attached hydrogens (tertiary/aromatic N) is 3. The maximum atomic E-state index is 12.9. The van der Waals surface area contributed by atoms with E-state index in [1.54, 1.807) is 36.1 Å². The van der Waals surface area contributed by atoms with Gasteiger partial charge in [0.25, 0.3) is 5.91 Å². The lowest BCUT2D eigenvalue weighted by Crippen LogP contribution is -2.15. The van der Waals surface area contributed by atoms with Crippen LogP contribution >= 0.6 is 11.3 Å². The summed E-state index contributed by atoms with van der Waals surface area (Å²) in [4.78, 5) is 17.5. The van der Waals surface area contributed by atoms with Crippen LogP contribution in [-0.4, -0.2) is 41.7 Å². The number of aryl methyl sites for hydroxylation is 1. The molecule has 1 aliphatic heterocycles. The molecule has 0 radical (unpaired) electrons. The summed E-state index contributed by atoms with van der Waals surface area (Å²) in [6.07, 6.45) is 0. The van der Waals surface area contributed by atoms with Gasteiger partial charge in [-0.15, -0.1) is 0 Å². The van der Waals surface area contributed by atoms with E-state index in [0.29, 0.717) is 39.5 Å². The van der Waals surface area contributed by atoms with Crippen molar-refractivity contribution in [1.29, 1.82) is 0 Å². The van der Waals surface area contributed by atoms with E-state index in [0.717, 1.165) is 15.9 Å². The number of fused-ring (bicyclic) bond motifs is 2. The zero-order chi connectivity index (χ0) is 21.5. The van der Waals surface area contributed by atoms with Crippen LogP contribution in [0.25, 0.3) is 15.3 Å². The third kappa shape index (κ3) is 3.40. The van der Waals surface area contributed by atoms with Crippen molar-refractivity contribution in [1.82, 2.24) is 14.8 Å². The van der Waals surface area contributed by atoms with Crippen molar-refractivity contribution >= 4 is 33.3 Å². The summed E-state index contributed by atoms with van der Waals surface area (Å²) < 4.78 is 23.9. The predicted molar refractivity (Wildman–Crippen MR) is 115 cm³/mol. The fourth-order valence-corrected chi connectivity index (χ4v) is 4.24. The van der Waals surface area contributed by atoms with Gasteiger partial charge in [0.1, 0.15) is 5.82 Å². The van der Waals surface area contributed by atoms with Crippen LogP contribution in [-0.2, 0) is 0 Å². The molecule has 158 valence electrons. The third-order valence-electron chi connectivity index (χ3n) is 4.77. The molecule has 2 aromatic carbocycles. The first-order valence-electron chi connectivity index (χ1n) is 9.36. The highest BCUT2D eigenvalue weighted by Gasteiger charge is 2.20. The Morgan fingerprint density at radius 2 is 1.87 bits per heavy atom. The minimum Gasteiger partial charge on any atom is -0.493 e. The average molecular weight is 438 g/mol. The molecule has 0 fully saturated rings. The Hall–Kier alpha value is -3.79. The van der Waals surface area contributed by atoms with Crippen molar-refractivity contribution in [3.8, 4) is 28.1 Å². The molecule has 4 aromatic rings. The summed E-state index contributed by atoms with van der Waals surface area (Å²) >= 11 is 1.44. The lowest BCUT2D eigenvalue weighted by molar-refractivity contribution is 0.102. The van der Waals surface area contributed by atoms with Crippen LogP contribution in [0.3, 0.4) is 0 Å². The summed E-state index contributed by atoms with van der Waals surface area (Å²) in [5.41, 5.74) is 1.95. The summed E-state index contributed by atoms with van der Waals surface area (Å²) in [6.45, 7) is 2.07. The molecule has 2 aromatic heterocycles. The number of aromatic nitrogens is 3. The number of nitrogens with one attached hydrogen (secondary N) is 1. The number of methoxy groups -OCH3 is 2. The maximum Gasteiger partial charge on any atom is 0.256 e. The minimum atomic E-state index is -0.302. The van der Waals surface area contributed by atoms with E-state index in [1.165, 1.54) is 18.4 Å². The van der Waals surface area contributed by atoms with Gasteiger partial charge in [-0.1, -0.05) is 11.3 Å². The lowest BCUT2D eigenvalue weighted by Gasteiger charge is -2.10. The van der Waals surface area contributed by atoms with Crippen LogP contribution < -0.4 is 24.3 Å². The van der Waals surface area contributed by atoms with Gasteiger partial charge in [-0.3, -0.25) is 4.79 Å². The third-order valence-corrected chi connectivity index (χ3v) is 5.77. The first kappa shape index (κ1) is 19.2. The molecule has 1 amide bonds. The van der Waals surface area contributed by atoms with E-state index in [4.69, 9.17) is 18.9 Å². The first-order chi connectivity index (χ1) is 15.1. The zero-order valence-corrected chi connectivity index (χ0v) is 17.8. The summed E-state index contributed by atoms with van der Waals surface area (Å²) in [5, 5.41) is 8.03. The van der Waals surface area contributed by atoms with Crippen LogP contribution in [0.1, 0.15) is 16.1 Å². The van der Waals surface area contributed by atoms with Crippen molar-refractivity contribution in [3.05, 3.63) is 47.7 Å². The van der Waals surface area contributed by atoms with Crippen LogP contribution in [0.2, 0.25) is 0 Å². The van der Waals surface area contributed by atoms with Crippen LogP contribution in [0.5, 0.6) is 23.0 Å². The molecule has 0 saturated carbocycles. The maximum absolute atomic E-state index is 12.9. The van der Waals surface area contributed by atoms with Crippen molar-refractivity contribution < 1.29 is 23.7 Å². The number of carbonyl (C=O) groups excluding carboxylic acids is 1. The standard InChI is InChI=1S/C21H18N4O5S/c1-11-6-19(23-20(26)12-4-5-14(27-2)15(7-12)28-3)25(24-11)21-22-13-8-16-17(30-10-29-16)9-18(13)31-21/h4-9H,10H2,1-3H3,(H,23,26). The van der Waals surface area contributed by atoms with Crippen LogP contribution in [0, 0.1) is 6.92 Å². The highest BCUT2D eigenvalue weighted by atomic mass is 32.1. The van der Waals surface area contributed by atoms with Gasteiger partial charge in [-0.25, -0.2) is 4.98 Å². The topological polar surface area (TPSA) is 96.7 Å². The Morgan fingerprint density at radius 3 is 2.65 bits per heavy atom. The predicted octanol–water partition coefficient (Wildman–Crippen LogP) is 3.79. The Morgan fingerprint density at radius 1 is 1.10 bits per heavy atom. The van der Waals surface area contributed by atoms with Gasteiger partial charge in [-0.05, 0) is 25.1 Å². The lowest BCUT2D eigenvalue weighted by atomic mass is 10.2. The van der Waals surface area contributed by atoms with E-state index in [2.05, 4.69) is 15.4 Å². The van der Waals surface area contributed by atoms with Gasteiger partial charge in [0.2, 0.25) is 11.9 Å². The normalized spacial score (nSPS) is 12.2. The zero-order valence-electron chi connectivity index (χ0n) is 17.0. The van der Waals surface area contributed by atoms with E-state index in [9.17, 15) is 4.79 Å². The number of ether oxygens (including phenoxy) is 4. The smallest absolute Gasteiger partial charge is 0.256 e. The molecule has 9 nitrogen and oxygen atoms in total. The quantitative estimate of drug-likeness (QED) is 0.506. The highest BCUT2D eigenvalue weighted by molar-refractivity contribution is 7.20. The molecule has 1 aliphatic rings. The van der Waals surface area contributed by atoms with Crippen molar-refractivity contribution in [2.45, 2.75) is 6.92 Å². The molecule has 0 atom stereocenters. The SMILES string of the molecule is COc1ccc(C(=O)Nc2cc(C)nn2-c2nc3cc4c(cc3s2)OCO4)cc1OC. The Bertz CT molecular complexity index is 1270. The van der Waals surface area contributed by atoms with Gasteiger partial charge >= 0.3 is 0 Å². The number of benzene rings is 2. The van der Waals surface area contributed by atoms with Crippen molar-refractivity contribution in [2.75, 3.05) is 26.3 Å². The number of thiazole rings is 1. The molecule has 0 aliphatic carbocycles. The summed E-state index contributed by atoms with van der Waals surface area (Å²) in [6, 6.07) is 10.5. The number of rotatable bonds is 5. The van der Waals surface area contributed by atoms with Gasteiger partial charge in [-0.2, -0.15) is 9.78 Å². The number of hydrogen-bond acceptors (Lipinski definition) is 8. The summed E-state index contributed by atoms with van der Waals surface area (Å²) in [5.74, 6) is 2.60. The minimum absolute atomic E-state index is 0.212. The molecule has 31 heavy (non-hydrogen) atoms. The number of anilines is 1. The second-order valence-electron chi connectivity index (χ2n) is 6.78. The largest absolute Gasteiger partial charge is 0.493 e. The van der Waals surface area contributed by atoms with Gasteiger partial charge in [0.15, 0.2) is 23.0 Å². The molecular weight excluding hydrogens is 420 g/mol. The van der Waals surface area contributed by atoms with Crippen molar-refractivity contribution in [2.24, 2.45) is 0 Å². The van der Waals surface area contributed by atoms with Crippen molar-refractivity contribution in [3.63, 3.8) is 0 Å². The Labute approximate surface area is 181 Å². The van der Waals surface area contributed by atoms with E-state index in [1.807, 2.05) is 19.1 Å². The molecule has 1 N–H and O–H groups in total. The second kappa shape index (κ2) is 7.47. The number of hydrogen-bond donors (Lipinski definition) is 1. The molecule has 3 heterocycles. The molecule has 0 bridgehead atoms. The fourth-order valence-electron chi connectivity index (χ4n) is 3.30. The van der Waals surface area contributed by atoms with E-state index in [-0.39, 0.29) is 12.7 Å². The average Bonchev–Trinajstić information content (AvgIpc) is 3.48. The molecule has 0 unspecified atom stereocenters. The van der Waals surface area contributed by atoms with E-state index >= 15 is 0 Å². The van der Waals surface area contributed by atoms with E-state index < -0.39 is 0 Å². The fraction of sp³-hybridized carbons (Fsp3) is 0.190. The molecular formula is C21H18N4O5S. The molecule has 0 spiro atoms.